The highest BCUT2D eigenvalue weighted by Crippen LogP contribution is 2.27. The van der Waals surface area contributed by atoms with Crippen molar-refractivity contribution >= 4 is 50.8 Å². The first-order valence-corrected chi connectivity index (χ1v) is 19.2. The molecule has 9 heteroatoms. The molecule has 53 heavy (non-hydrogen) atoms. The predicted octanol–water partition coefficient (Wildman–Crippen LogP) is 8.72. The van der Waals surface area contributed by atoms with Crippen LogP contribution in [-0.4, -0.2) is 78.4 Å². The van der Waals surface area contributed by atoms with E-state index in [1.165, 1.54) is 33.7 Å². The molecule has 0 bridgehead atoms. The number of aryl methyl sites for hydroxylation is 2. The number of benzene rings is 4. The minimum absolute atomic E-state index is 0.0114. The lowest BCUT2D eigenvalue weighted by Gasteiger charge is -2.43. The number of likely N-dealkylation sites (N-methyl/N-ethyl adjacent to an activating group) is 1. The molecule has 3 heterocycles. The van der Waals surface area contributed by atoms with E-state index in [-0.39, 0.29) is 40.7 Å². The zero-order valence-electron chi connectivity index (χ0n) is 32.2. The van der Waals surface area contributed by atoms with Crippen molar-refractivity contribution in [3.8, 4) is 0 Å². The number of piperazine rings is 1. The molecule has 2 saturated heterocycles. The number of halogens is 1. The van der Waals surface area contributed by atoms with Gasteiger partial charge in [0.25, 0.3) is 5.91 Å². The Labute approximate surface area is 318 Å². The Bertz CT molecular complexity index is 2110. The maximum atomic E-state index is 13.4. The standard InChI is InChI=1S/C31H37ClN4O4.C11H10.C2H6/c1-20-16-24-27(37)18-28(40-30(24)25(32)17-20)31(39)33(4)21(2)22(3)34-12-14-35(15-13-34)26-9-6-5-8-23(26)19-36-11-7-10-29(36)38;1-9-6-7-10-4-2-3-5-11(10)8-9;1-2/h5-6,8-9,16-18,21-22H,7,10-15,19H2,1-4H3;2-8H,1H3;1-2H3/t21?,22-;;/m1../s1. The summed E-state index contributed by atoms with van der Waals surface area (Å²) in [6.45, 7) is 17.0. The Hall–Kier alpha value is -4.66. The van der Waals surface area contributed by atoms with Gasteiger partial charge in [-0.1, -0.05) is 91.7 Å². The van der Waals surface area contributed by atoms with Crippen LogP contribution in [0.1, 0.15) is 67.8 Å². The van der Waals surface area contributed by atoms with Crippen molar-refractivity contribution in [1.29, 1.82) is 0 Å². The second-order valence-electron chi connectivity index (χ2n) is 13.9. The molecule has 1 unspecified atom stereocenters. The van der Waals surface area contributed by atoms with Gasteiger partial charge in [0.15, 0.2) is 16.8 Å². The van der Waals surface area contributed by atoms with Gasteiger partial charge in [0, 0.05) is 76.6 Å². The third-order valence-electron chi connectivity index (χ3n) is 10.4. The zero-order valence-corrected chi connectivity index (χ0v) is 33.0. The van der Waals surface area contributed by atoms with Gasteiger partial charge >= 0.3 is 0 Å². The van der Waals surface area contributed by atoms with Crippen LogP contribution in [0.3, 0.4) is 0 Å². The normalized spacial score (nSPS) is 15.7. The Balaban J connectivity index is 0.000000351. The van der Waals surface area contributed by atoms with Crippen molar-refractivity contribution in [2.24, 2.45) is 0 Å². The average Bonchev–Trinajstić information content (AvgIpc) is 3.58. The molecule has 2 atom stereocenters. The van der Waals surface area contributed by atoms with E-state index < -0.39 is 0 Å². The molecule has 7 rings (SSSR count). The Kier molecular flexibility index (Phi) is 13.4. The molecule has 1 aromatic heterocycles. The number of carbonyl (C=O) groups is 2. The number of hydrogen-bond acceptors (Lipinski definition) is 6. The molecule has 0 N–H and O–H groups in total. The molecule has 5 aromatic rings. The van der Waals surface area contributed by atoms with Crippen LogP contribution in [0.4, 0.5) is 5.69 Å². The lowest BCUT2D eigenvalue weighted by Crippen LogP contribution is -2.56. The fourth-order valence-corrected chi connectivity index (χ4v) is 7.47. The van der Waals surface area contributed by atoms with Crippen LogP contribution in [0.5, 0.6) is 0 Å². The third kappa shape index (κ3) is 9.29. The van der Waals surface area contributed by atoms with Crippen LogP contribution < -0.4 is 10.3 Å². The van der Waals surface area contributed by atoms with Gasteiger partial charge in [-0.2, -0.15) is 0 Å². The van der Waals surface area contributed by atoms with Crippen molar-refractivity contribution in [1.82, 2.24) is 14.7 Å². The summed E-state index contributed by atoms with van der Waals surface area (Å²) in [7, 11) is 1.75. The molecule has 0 aliphatic carbocycles. The van der Waals surface area contributed by atoms with Gasteiger partial charge in [0.1, 0.15) is 0 Å². The molecule has 8 nitrogen and oxygen atoms in total. The van der Waals surface area contributed by atoms with Crippen LogP contribution in [0, 0.1) is 13.8 Å². The molecule has 280 valence electrons. The van der Waals surface area contributed by atoms with Crippen molar-refractivity contribution in [3.63, 3.8) is 0 Å². The first kappa shape index (κ1) is 39.5. The molecule has 2 fully saturated rings. The SMILES string of the molecule is CC.Cc1cc(Cl)c2oc(C(=O)N(C)C(C)[C@@H](C)N3CCN(c4ccccc4CN4CCCC4=O)CC3)cc(=O)c2c1.Cc1ccc2ccccc2c1. The van der Waals surface area contributed by atoms with Crippen LogP contribution in [0.25, 0.3) is 21.7 Å². The number of amides is 2. The molecule has 2 aliphatic heterocycles. The van der Waals surface area contributed by atoms with Crippen LogP contribution >= 0.6 is 11.6 Å². The highest BCUT2D eigenvalue weighted by molar-refractivity contribution is 6.34. The van der Waals surface area contributed by atoms with E-state index in [0.717, 1.165) is 44.7 Å². The number of carbonyl (C=O) groups excluding carboxylic acids is 2. The van der Waals surface area contributed by atoms with Gasteiger partial charge in [0.05, 0.1) is 10.4 Å². The van der Waals surface area contributed by atoms with Gasteiger partial charge in [-0.05, 0) is 74.2 Å². The summed E-state index contributed by atoms with van der Waals surface area (Å²) in [5.74, 6) is -0.121. The van der Waals surface area contributed by atoms with E-state index in [0.29, 0.717) is 23.4 Å². The Morgan fingerprint density at radius 1 is 0.830 bits per heavy atom. The van der Waals surface area contributed by atoms with Crippen molar-refractivity contribution in [3.05, 3.63) is 123 Å². The predicted molar refractivity (Wildman–Crippen MR) is 218 cm³/mol. The number of rotatable bonds is 7. The van der Waals surface area contributed by atoms with Crippen molar-refractivity contribution in [2.45, 2.75) is 73.0 Å². The topological polar surface area (TPSA) is 77.3 Å². The summed E-state index contributed by atoms with van der Waals surface area (Å²) < 4.78 is 5.85. The summed E-state index contributed by atoms with van der Waals surface area (Å²) in [5, 5.41) is 3.33. The quantitative estimate of drug-likeness (QED) is 0.166. The maximum Gasteiger partial charge on any atom is 0.289 e. The first-order chi connectivity index (χ1) is 25.5. The number of anilines is 1. The zero-order chi connectivity index (χ0) is 38.2. The number of likely N-dealkylation sites (tertiary alicyclic amines) is 1. The molecule has 0 spiro atoms. The van der Waals surface area contributed by atoms with Crippen molar-refractivity contribution < 1.29 is 14.0 Å². The van der Waals surface area contributed by atoms with Gasteiger partial charge < -0.3 is 19.1 Å². The summed E-state index contributed by atoms with van der Waals surface area (Å²) in [4.78, 5) is 46.7. The maximum absolute atomic E-state index is 13.4. The fraction of sp³-hybridized carbons (Fsp3) is 0.386. The molecule has 0 radical (unpaired) electrons. The molecule has 2 aliphatic rings. The van der Waals surface area contributed by atoms with E-state index >= 15 is 0 Å². The smallest absolute Gasteiger partial charge is 0.289 e. The third-order valence-corrected chi connectivity index (χ3v) is 10.7. The van der Waals surface area contributed by atoms with Gasteiger partial charge in [-0.3, -0.25) is 19.3 Å². The van der Waals surface area contributed by atoms with Gasteiger partial charge in [-0.15, -0.1) is 0 Å². The number of para-hydroxylation sites is 1. The number of fused-ring (bicyclic) bond motifs is 2. The molecule has 0 saturated carbocycles. The molecular weight excluding hydrogens is 684 g/mol. The second-order valence-corrected chi connectivity index (χ2v) is 14.3. The first-order valence-electron chi connectivity index (χ1n) is 18.8. The lowest BCUT2D eigenvalue weighted by atomic mass is 10.1. The van der Waals surface area contributed by atoms with Gasteiger partial charge in [-0.25, -0.2) is 0 Å². The minimum Gasteiger partial charge on any atom is -0.449 e. The Morgan fingerprint density at radius 3 is 2.21 bits per heavy atom. The largest absolute Gasteiger partial charge is 0.449 e. The monoisotopic (exact) mass is 736 g/mol. The van der Waals surface area contributed by atoms with E-state index in [4.69, 9.17) is 16.0 Å². The lowest BCUT2D eigenvalue weighted by molar-refractivity contribution is -0.128. The van der Waals surface area contributed by atoms with Gasteiger partial charge in [0.2, 0.25) is 5.91 Å². The summed E-state index contributed by atoms with van der Waals surface area (Å²) in [6, 6.07) is 28.0. The highest BCUT2D eigenvalue weighted by Gasteiger charge is 2.31. The Morgan fingerprint density at radius 2 is 1.51 bits per heavy atom. The summed E-state index contributed by atoms with van der Waals surface area (Å²) >= 11 is 6.33. The molecular formula is C44H53ClN4O4. The summed E-state index contributed by atoms with van der Waals surface area (Å²) in [6.07, 6.45) is 1.58. The minimum atomic E-state index is -0.348. The van der Waals surface area contributed by atoms with Crippen LogP contribution in [-0.2, 0) is 11.3 Å². The van der Waals surface area contributed by atoms with Crippen LogP contribution in [0.15, 0.2) is 94.1 Å². The van der Waals surface area contributed by atoms with E-state index in [1.807, 2.05) is 38.7 Å². The summed E-state index contributed by atoms with van der Waals surface area (Å²) in [5.41, 5.74) is 4.51. The van der Waals surface area contributed by atoms with E-state index in [1.54, 1.807) is 24.1 Å². The number of hydrogen-bond donors (Lipinski definition) is 0. The fourth-order valence-electron chi connectivity index (χ4n) is 7.15. The highest BCUT2D eigenvalue weighted by atomic mass is 35.5. The average molecular weight is 737 g/mol. The van der Waals surface area contributed by atoms with Crippen molar-refractivity contribution in [2.75, 3.05) is 44.7 Å². The van der Waals surface area contributed by atoms with Crippen LogP contribution in [0.2, 0.25) is 5.02 Å². The molecule has 4 aromatic carbocycles. The molecule has 2 amide bonds. The van der Waals surface area contributed by atoms with E-state index in [2.05, 4.69) is 84.3 Å². The van der Waals surface area contributed by atoms with E-state index in [9.17, 15) is 14.4 Å². The second kappa shape index (κ2) is 17.9. The number of nitrogens with zero attached hydrogens (tertiary/aromatic N) is 4.